The largest absolute Gasteiger partial charge is 0.306 e. The Labute approximate surface area is 178 Å². The van der Waals surface area contributed by atoms with Gasteiger partial charge in [-0.1, -0.05) is 96.9 Å². The van der Waals surface area contributed by atoms with Crippen molar-refractivity contribution in [2.75, 3.05) is 33.7 Å². The molecule has 2 nitrogen and oxygen atoms in total. The molecule has 0 aromatic carbocycles. The lowest BCUT2D eigenvalue weighted by atomic mass is 10.1. The van der Waals surface area contributed by atoms with E-state index in [4.69, 9.17) is 0 Å². The molecular weight excluding hydrogens is 328 g/mol. The second-order valence-corrected chi connectivity index (χ2v) is 6.75. The van der Waals surface area contributed by atoms with Crippen LogP contribution in [0.25, 0.3) is 0 Å². The van der Waals surface area contributed by atoms with E-state index in [0.717, 1.165) is 17.9 Å². The molecule has 0 rings (SSSR count). The van der Waals surface area contributed by atoms with Gasteiger partial charge in [-0.05, 0) is 52.2 Å². The standard InChI is InChI=1S/C9H21N.C8H19N.4C2H6/c1-6-9(4)10(5)7-8(2)3;1-5-6-9(4)7-8(2)3;4*1-2/h8-9H,6-7H2,1-5H3;8H,5-7H2,1-4H3;4*1-2H3/t9-;;;;;/m0...../s1. The van der Waals surface area contributed by atoms with Crippen molar-refractivity contribution in [2.24, 2.45) is 11.8 Å². The Hall–Kier alpha value is -0.0800. The Morgan fingerprint density at radius 2 is 0.926 bits per heavy atom. The van der Waals surface area contributed by atoms with E-state index in [1.807, 2.05) is 55.4 Å². The van der Waals surface area contributed by atoms with Crippen molar-refractivity contribution in [3.8, 4) is 0 Å². The van der Waals surface area contributed by atoms with Gasteiger partial charge in [-0.2, -0.15) is 0 Å². The summed E-state index contributed by atoms with van der Waals surface area (Å²) in [5.41, 5.74) is 0. The molecule has 0 heterocycles. The van der Waals surface area contributed by atoms with Crippen LogP contribution in [0.5, 0.6) is 0 Å². The second kappa shape index (κ2) is 40.6. The Balaban J connectivity index is -0.0000000595. The van der Waals surface area contributed by atoms with Crippen molar-refractivity contribution >= 4 is 0 Å². The van der Waals surface area contributed by atoms with Crippen molar-refractivity contribution in [3.63, 3.8) is 0 Å². The lowest BCUT2D eigenvalue weighted by Crippen LogP contribution is -2.31. The predicted molar refractivity (Wildman–Crippen MR) is 135 cm³/mol. The van der Waals surface area contributed by atoms with E-state index in [2.05, 4.69) is 72.4 Å². The van der Waals surface area contributed by atoms with E-state index in [9.17, 15) is 0 Å². The Morgan fingerprint density at radius 1 is 0.593 bits per heavy atom. The van der Waals surface area contributed by atoms with Crippen molar-refractivity contribution in [1.29, 1.82) is 0 Å². The summed E-state index contributed by atoms with van der Waals surface area (Å²) in [5, 5.41) is 0. The SMILES string of the molecule is CC.CC.CC.CC.CCCN(C)CC(C)C.CC[C@H](C)N(C)CC(C)C. The normalized spacial score (nSPS) is 10.1. The van der Waals surface area contributed by atoms with Crippen LogP contribution in [0, 0.1) is 11.8 Å². The summed E-state index contributed by atoms with van der Waals surface area (Å²) in [6.07, 6.45) is 2.52. The van der Waals surface area contributed by atoms with Crippen molar-refractivity contribution in [2.45, 2.75) is 123 Å². The molecule has 2 heteroatoms. The summed E-state index contributed by atoms with van der Waals surface area (Å²) in [6.45, 7) is 35.5. The van der Waals surface area contributed by atoms with Gasteiger partial charge in [-0.25, -0.2) is 0 Å². The molecule has 0 aliphatic rings. The van der Waals surface area contributed by atoms with Crippen LogP contribution in [0.4, 0.5) is 0 Å². The highest BCUT2D eigenvalue weighted by Gasteiger charge is 2.06. The van der Waals surface area contributed by atoms with Crippen LogP contribution >= 0.6 is 0 Å². The lowest BCUT2D eigenvalue weighted by Gasteiger charge is -2.24. The smallest absolute Gasteiger partial charge is 0.00613 e. The van der Waals surface area contributed by atoms with Gasteiger partial charge in [-0.15, -0.1) is 0 Å². The average molecular weight is 393 g/mol. The summed E-state index contributed by atoms with van der Waals surface area (Å²) in [7, 11) is 4.39. The Bertz CT molecular complexity index is 179. The van der Waals surface area contributed by atoms with Crippen LogP contribution in [0.3, 0.4) is 0 Å². The second-order valence-electron chi connectivity index (χ2n) is 6.75. The van der Waals surface area contributed by atoms with Crippen LogP contribution in [0.2, 0.25) is 0 Å². The third-order valence-electron chi connectivity index (χ3n) is 3.28. The zero-order valence-corrected chi connectivity index (χ0v) is 23.2. The molecule has 0 saturated heterocycles. The molecule has 0 saturated carbocycles. The first kappa shape index (κ1) is 41.3. The molecule has 1 atom stereocenters. The van der Waals surface area contributed by atoms with Crippen LogP contribution < -0.4 is 0 Å². The fraction of sp³-hybridized carbons (Fsp3) is 1.00. The summed E-state index contributed by atoms with van der Waals surface area (Å²) in [4.78, 5) is 4.80. The van der Waals surface area contributed by atoms with Crippen LogP contribution in [0.15, 0.2) is 0 Å². The highest BCUT2D eigenvalue weighted by atomic mass is 15.1. The number of hydrogen-bond donors (Lipinski definition) is 0. The fourth-order valence-corrected chi connectivity index (χ4v) is 2.16. The number of rotatable bonds is 8. The van der Waals surface area contributed by atoms with Crippen LogP contribution in [-0.4, -0.2) is 49.6 Å². The quantitative estimate of drug-likeness (QED) is 0.408. The van der Waals surface area contributed by atoms with Gasteiger partial charge < -0.3 is 9.80 Å². The molecule has 0 aliphatic carbocycles. The van der Waals surface area contributed by atoms with E-state index < -0.39 is 0 Å². The molecule has 0 unspecified atom stereocenters. The first-order chi connectivity index (χ1) is 12.7. The molecule has 0 aromatic heterocycles. The zero-order chi connectivity index (χ0) is 23.4. The van der Waals surface area contributed by atoms with Crippen molar-refractivity contribution in [1.82, 2.24) is 9.80 Å². The molecule has 0 N–H and O–H groups in total. The molecule has 174 valence electrons. The molecule has 0 radical (unpaired) electrons. The molecular formula is C25H64N2. The van der Waals surface area contributed by atoms with Gasteiger partial charge in [0.25, 0.3) is 0 Å². The van der Waals surface area contributed by atoms with E-state index >= 15 is 0 Å². The van der Waals surface area contributed by atoms with Gasteiger partial charge >= 0.3 is 0 Å². The van der Waals surface area contributed by atoms with Crippen LogP contribution in [-0.2, 0) is 0 Å². The summed E-state index contributed by atoms with van der Waals surface area (Å²) in [5.74, 6) is 1.60. The van der Waals surface area contributed by atoms with E-state index in [1.165, 1.54) is 32.5 Å². The maximum absolute atomic E-state index is 2.42. The van der Waals surface area contributed by atoms with Gasteiger partial charge in [0.2, 0.25) is 0 Å². The third-order valence-corrected chi connectivity index (χ3v) is 3.28. The maximum Gasteiger partial charge on any atom is 0.00613 e. The number of nitrogens with zero attached hydrogens (tertiary/aromatic N) is 2. The van der Waals surface area contributed by atoms with Crippen molar-refractivity contribution < 1.29 is 0 Å². The minimum Gasteiger partial charge on any atom is -0.306 e. The first-order valence-corrected chi connectivity index (χ1v) is 12.1. The summed E-state index contributed by atoms with van der Waals surface area (Å²) in [6, 6.07) is 0.738. The van der Waals surface area contributed by atoms with Gasteiger partial charge in [0, 0.05) is 19.1 Å². The van der Waals surface area contributed by atoms with Crippen LogP contribution in [0.1, 0.15) is 117 Å². The lowest BCUT2D eigenvalue weighted by molar-refractivity contribution is 0.226. The van der Waals surface area contributed by atoms with E-state index in [0.29, 0.717) is 0 Å². The molecule has 0 aromatic rings. The molecule has 0 fully saturated rings. The van der Waals surface area contributed by atoms with E-state index in [-0.39, 0.29) is 0 Å². The molecule has 0 bridgehead atoms. The van der Waals surface area contributed by atoms with Gasteiger partial charge in [0.15, 0.2) is 0 Å². The highest BCUT2D eigenvalue weighted by molar-refractivity contribution is 4.61. The zero-order valence-electron chi connectivity index (χ0n) is 23.2. The first-order valence-electron chi connectivity index (χ1n) is 12.1. The maximum atomic E-state index is 2.42. The minimum atomic E-state index is 0.738. The third kappa shape index (κ3) is 51.8. The Kier molecular flexibility index (Phi) is 62.1. The molecule has 0 amide bonds. The van der Waals surface area contributed by atoms with Gasteiger partial charge in [0.1, 0.15) is 0 Å². The van der Waals surface area contributed by atoms with Crippen molar-refractivity contribution in [3.05, 3.63) is 0 Å². The van der Waals surface area contributed by atoms with Gasteiger partial charge in [-0.3, -0.25) is 0 Å². The van der Waals surface area contributed by atoms with E-state index in [1.54, 1.807) is 0 Å². The number of hydrogen-bond acceptors (Lipinski definition) is 2. The highest BCUT2D eigenvalue weighted by Crippen LogP contribution is 2.03. The topological polar surface area (TPSA) is 6.48 Å². The monoisotopic (exact) mass is 393 g/mol. The Morgan fingerprint density at radius 3 is 1.15 bits per heavy atom. The summed E-state index contributed by atoms with van der Waals surface area (Å²) < 4.78 is 0. The average Bonchev–Trinajstić information content (AvgIpc) is 2.67. The summed E-state index contributed by atoms with van der Waals surface area (Å²) >= 11 is 0. The fourth-order valence-electron chi connectivity index (χ4n) is 2.16. The van der Waals surface area contributed by atoms with Gasteiger partial charge in [0.05, 0.1) is 0 Å². The predicted octanol–water partition coefficient (Wildman–Crippen LogP) is 8.46. The molecule has 27 heavy (non-hydrogen) atoms. The molecule has 0 spiro atoms. The minimum absolute atomic E-state index is 0.738. The molecule has 0 aliphatic heterocycles.